The molecular formula is C25H28ClN5O4. The van der Waals surface area contributed by atoms with Crippen LogP contribution in [0.5, 0.6) is 0 Å². The fourth-order valence-corrected chi connectivity index (χ4v) is 6.74. The van der Waals surface area contributed by atoms with Gasteiger partial charge in [-0.2, -0.15) is 9.97 Å². The van der Waals surface area contributed by atoms with Crippen LogP contribution in [-0.4, -0.2) is 61.9 Å². The monoisotopic (exact) mass is 497 g/mol. The van der Waals surface area contributed by atoms with Crippen molar-refractivity contribution in [2.24, 2.45) is 0 Å². The average Bonchev–Trinajstić information content (AvgIpc) is 3.63. The van der Waals surface area contributed by atoms with Gasteiger partial charge in [-0.25, -0.2) is 4.98 Å². The van der Waals surface area contributed by atoms with Crippen molar-refractivity contribution in [1.29, 1.82) is 0 Å². The third kappa shape index (κ3) is 3.18. The second-order valence-corrected chi connectivity index (χ2v) is 10.9. The summed E-state index contributed by atoms with van der Waals surface area (Å²) >= 11 is 6.50. The van der Waals surface area contributed by atoms with Gasteiger partial charge in [0, 0.05) is 17.6 Å². The number of fused-ring (bicyclic) bond motifs is 4. The lowest BCUT2D eigenvalue weighted by Crippen LogP contribution is -2.31. The van der Waals surface area contributed by atoms with E-state index in [1.165, 1.54) is 31.2 Å². The molecule has 184 valence electrons. The molecule has 2 aromatic heterocycles. The minimum Gasteiger partial charge on any atom is -0.394 e. The number of ether oxygens (including phenoxy) is 3. The Morgan fingerprint density at radius 3 is 2.69 bits per heavy atom. The van der Waals surface area contributed by atoms with E-state index in [0.717, 1.165) is 12.2 Å². The molecule has 7 rings (SSSR count). The number of aromatic nitrogens is 4. The van der Waals surface area contributed by atoms with Gasteiger partial charge in [0.25, 0.3) is 0 Å². The molecule has 1 aliphatic carbocycles. The number of nitrogens with zero attached hydrogens (tertiary/aromatic N) is 5. The maximum absolute atomic E-state index is 9.90. The minimum absolute atomic E-state index is 0.139. The number of aliphatic hydroxyl groups is 1. The quantitative estimate of drug-likeness (QED) is 0.545. The van der Waals surface area contributed by atoms with Crippen LogP contribution in [0.25, 0.3) is 11.2 Å². The van der Waals surface area contributed by atoms with E-state index in [4.69, 9.17) is 30.8 Å². The Labute approximate surface area is 208 Å². The van der Waals surface area contributed by atoms with Crippen molar-refractivity contribution in [1.82, 2.24) is 19.5 Å². The molecule has 2 unspecified atom stereocenters. The maximum Gasteiger partial charge on any atom is 0.226 e. The van der Waals surface area contributed by atoms with E-state index < -0.39 is 24.2 Å². The summed E-state index contributed by atoms with van der Waals surface area (Å²) in [7, 11) is 0. The van der Waals surface area contributed by atoms with Crippen LogP contribution in [0.1, 0.15) is 51.3 Å². The molecule has 3 aromatic rings. The normalized spacial score (nSPS) is 30.5. The molecule has 1 aromatic carbocycles. The molecule has 10 heteroatoms. The molecule has 2 saturated heterocycles. The van der Waals surface area contributed by atoms with Gasteiger partial charge < -0.3 is 24.2 Å². The Morgan fingerprint density at radius 1 is 1.11 bits per heavy atom. The summed E-state index contributed by atoms with van der Waals surface area (Å²) in [6.45, 7) is 4.41. The highest BCUT2D eigenvalue weighted by molar-refractivity contribution is 6.28. The van der Waals surface area contributed by atoms with Crippen molar-refractivity contribution < 1.29 is 19.3 Å². The number of para-hydroxylation sites is 1. The molecule has 1 spiro atoms. The fraction of sp³-hybridized carbons (Fsp3) is 0.560. The number of hydrogen-bond donors (Lipinski definition) is 1. The average molecular weight is 498 g/mol. The molecule has 3 aliphatic heterocycles. The third-order valence-electron chi connectivity index (χ3n) is 8.00. The largest absolute Gasteiger partial charge is 0.394 e. The van der Waals surface area contributed by atoms with Crippen LogP contribution in [0.4, 0.5) is 11.5 Å². The summed E-state index contributed by atoms with van der Waals surface area (Å²) in [5.74, 6) is -0.0690. The SMILES string of the molecule is CC1(C)OC2C(O1)[C@@H](CO)O[C@H]2n1cnc2c(N3CC4(CCCC4)c4ccccc43)nc(Cl)nc21. The standard InChI is InChI=1S/C25H28ClN5O4/c1-24(2)34-18-16(11-32)33-22(19(18)35-24)31-13-27-17-20(28-23(26)29-21(17)31)30-12-25(9-5-6-10-25)14-7-3-4-8-15(14)30/h3-4,7-8,13,16,18-19,22,32H,5-6,9-12H2,1-2H3/t16-,18?,19?,22-/m1/s1. The predicted octanol–water partition coefficient (Wildman–Crippen LogP) is 3.85. The van der Waals surface area contributed by atoms with Gasteiger partial charge in [0.15, 0.2) is 29.0 Å². The lowest BCUT2D eigenvalue weighted by molar-refractivity contribution is -0.199. The Kier molecular flexibility index (Phi) is 4.76. The van der Waals surface area contributed by atoms with Gasteiger partial charge in [-0.15, -0.1) is 0 Å². The van der Waals surface area contributed by atoms with Crippen LogP contribution in [0.2, 0.25) is 5.28 Å². The Hall–Kier alpha value is -2.30. The van der Waals surface area contributed by atoms with Crippen LogP contribution in [-0.2, 0) is 19.6 Å². The van der Waals surface area contributed by atoms with Crippen LogP contribution < -0.4 is 4.90 Å². The summed E-state index contributed by atoms with van der Waals surface area (Å²) in [6, 6.07) is 8.60. The highest BCUT2D eigenvalue weighted by Gasteiger charge is 2.56. The summed E-state index contributed by atoms with van der Waals surface area (Å²) < 4.78 is 20.2. The molecule has 35 heavy (non-hydrogen) atoms. The first kappa shape index (κ1) is 21.9. The predicted molar refractivity (Wildman–Crippen MR) is 129 cm³/mol. The van der Waals surface area contributed by atoms with Crippen LogP contribution in [0.15, 0.2) is 30.6 Å². The molecule has 1 N–H and O–H groups in total. The number of aliphatic hydroxyl groups excluding tert-OH is 1. The molecule has 1 saturated carbocycles. The molecular weight excluding hydrogens is 470 g/mol. The molecule has 5 heterocycles. The third-order valence-corrected chi connectivity index (χ3v) is 8.17. The lowest BCUT2D eigenvalue weighted by Gasteiger charge is -2.25. The summed E-state index contributed by atoms with van der Waals surface area (Å²) in [6.07, 6.45) is 4.65. The first-order valence-electron chi connectivity index (χ1n) is 12.3. The summed E-state index contributed by atoms with van der Waals surface area (Å²) in [4.78, 5) is 16.2. The van der Waals surface area contributed by atoms with E-state index in [1.807, 2.05) is 18.4 Å². The second-order valence-electron chi connectivity index (χ2n) is 10.5. The van der Waals surface area contributed by atoms with Gasteiger partial charge in [0.1, 0.15) is 18.3 Å². The molecule has 4 aliphatic rings. The fourth-order valence-electron chi connectivity index (χ4n) is 6.58. The number of halogens is 1. The van der Waals surface area contributed by atoms with Gasteiger partial charge in [0.05, 0.1) is 12.9 Å². The highest BCUT2D eigenvalue weighted by atomic mass is 35.5. The van der Waals surface area contributed by atoms with Gasteiger partial charge in [0.2, 0.25) is 5.28 Å². The van der Waals surface area contributed by atoms with E-state index in [9.17, 15) is 5.11 Å². The van der Waals surface area contributed by atoms with Gasteiger partial charge in [-0.05, 0) is 49.9 Å². The van der Waals surface area contributed by atoms with Gasteiger partial charge >= 0.3 is 0 Å². The van der Waals surface area contributed by atoms with Crippen molar-refractivity contribution in [2.45, 2.75) is 75.3 Å². The topological polar surface area (TPSA) is 94.8 Å². The van der Waals surface area contributed by atoms with E-state index in [-0.39, 0.29) is 23.4 Å². The zero-order valence-corrected chi connectivity index (χ0v) is 20.5. The van der Waals surface area contributed by atoms with Crippen molar-refractivity contribution in [2.75, 3.05) is 18.1 Å². The first-order valence-corrected chi connectivity index (χ1v) is 12.7. The Balaban J connectivity index is 1.33. The van der Waals surface area contributed by atoms with Crippen molar-refractivity contribution in [3.8, 4) is 0 Å². The lowest BCUT2D eigenvalue weighted by atomic mass is 9.81. The number of imidazole rings is 1. The number of anilines is 2. The van der Waals surface area contributed by atoms with Crippen molar-refractivity contribution >= 4 is 34.3 Å². The highest BCUT2D eigenvalue weighted by Crippen LogP contribution is 2.53. The van der Waals surface area contributed by atoms with Crippen molar-refractivity contribution in [3.63, 3.8) is 0 Å². The first-order chi connectivity index (χ1) is 16.9. The van der Waals surface area contributed by atoms with E-state index >= 15 is 0 Å². The smallest absolute Gasteiger partial charge is 0.226 e. The Bertz CT molecular complexity index is 1310. The number of benzene rings is 1. The van der Waals surface area contributed by atoms with Crippen molar-refractivity contribution in [3.05, 3.63) is 41.4 Å². The zero-order chi connectivity index (χ0) is 23.9. The Morgan fingerprint density at radius 2 is 1.89 bits per heavy atom. The maximum atomic E-state index is 9.90. The number of hydrogen-bond acceptors (Lipinski definition) is 8. The molecule has 4 atom stereocenters. The van der Waals surface area contributed by atoms with E-state index in [1.54, 1.807) is 6.33 Å². The molecule has 0 amide bonds. The second kappa shape index (κ2) is 7.60. The molecule has 3 fully saturated rings. The summed E-state index contributed by atoms with van der Waals surface area (Å²) in [5, 5.41) is 10.0. The van der Waals surface area contributed by atoms with Crippen LogP contribution in [0.3, 0.4) is 0 Å². The summed E-state index contributed by atoms with van der Waals surface area (Å²) in [5.41, 5.74) is 3.91. The minimum atomic E-state index is -0.770. The molecule has 0 bridgehead atoms. The zero-order valence-electron chi connectivity index (χ0n) is 19.7. The van der Waals surface area contributed by atoms with Gasteiger partial charge in [-0.1, -0.05) is 31.0 Å². The van der Waals surface area contributed by atoms with E-state index in [0.29, 0.717) is 17.0 Å². The van der Waals surface area contributed by atoms with Crippen LogP contribution in [0, 0.1) is 0 Å². The molecule has 0 radical (unpaired) electrons. The van der Waals surface area contributed by atoms with E-state index in [2.05, 4.69) is 39.1 Å². The molecule has 9 nitrogen and oxygen atoms in total. The van der Waals surface area contributed by atoms with Gasteiger partial charge in [-0.3, -0.25) is 4.57 Å². The van der Waals surface area contributed by atoms with Crippen LogP contribution >= 0.6 is 11.6 Å². The number of rotatable bonds is 3.